The average Bonchev–Trinajstić information content (AvgIpc) is 1.64. The zero-order valence-corrected chi connectivity index (χ0v) is 5.65. The summed E-state index contributed by atoms with van der Waals surface area (Å²) < 4.78 is 0. The second kappa shape index (κ2) is 2.56. The molecular weight excluding hydrogens is 143 g/mol. The summed E-state index contributed by atoms with van der Waals surface area (Å²) in [5, 5.41) is 0.694. The maximum Gasteiger partial charge on any atom is 0.0603 e. The van der Waals surface area contributed by atoms with E-state index in [2.05, 4.69) is 0 Å². The SMILES string of the molecule is ClC1=CC=C[C@H](Cl)[CH]1. The van der Waals surface area contributed by atoms with E-state index in [1.54, 1.807) is 12.5 Å². The van der Waals surface area contributed by atoms with Gasteiger partial charge in [-0.25, -0.2) is 0 Å². The minimum absolute atomic E-state index is 0.0208. The highest BCUT2D eigenvalue weighted by atomic mass is 35.5. The van der Waals surface area contributed by atoms with Crippen molar-refractivity contribution in [2.24, 2.45) is 0 Å². The van der Waals surface area contributed by atoms with E-state index in [-0.39, 0.29) is 5.38 Å². The predicted molar refractivity (Wildman–Crippen MR) is 37.0 cm³/mol. The van der Waals surface area contributed by atoms with Gasteiger partial charge in [-0.05, 0) is 6.08 Å². The Morgan fingerprint density at radius 2 is 2.25 bits per heavy atom. The summed E-state index contributed by atoms with van der Waals surface area (Å²) >= 11 is 11.2. The molecule has 0 nitrogen and oxygen atoms in total. The third-order valence-electron chi connectivity index (χ3n) is 0.869. The number of hydrogen-bond acceptors (Lipinski definition) is 0. The third kappa shape index (κ3) is 1.53. The van der Waals surface area contributed by atoms with Gasteiger partial charge >= 0.3 is 0 Å². The summed E-state index contributed by atoms with van der Waals surface area (Å²) in [6, 6.07) is 0. The number of hydrogen-bond donors (Lipinski definition) is 0. The standard InChI is InChI=1S/C6H5Cl2/c7-5-2-1-3-6(8)4-5/h1-5H/t5-/m0/s1. The molecule has 0 bridgehead atoms. The fraction of sp³-hybridized carbons (Fsp3) is 0.167. The minimum Gasteiger partial charge on any atom is -0.118 e. The van der Waals surface area contributed by atoms with Crippen molar-refractivity contribution < 1.29 is 0 Å². The van der Waals surface area contributed by atoms with Crippen LogP contribution in [0.25, 0.3) is 0 Å². The Bertz CT molecular complexity index is 135. The Morgan fingerprint density at radius 1 is 1.50 bits per heavy atom. The molecule has 0 aliphatic heterocycles. The zero-order chi connectivity index (χ0) is 5.98. The molecule has 0 aromatic heterocycles. The molecule has 1 aliphatic carbocycles. The maximum atomic E-state index is 5.64. The fourth-order valence-corrected chi connectivity index (χ4v) is 1.01. The molecule has 0 amide bonds. The van der Waals surface area contributed by atoms with Crippen molar-refractivity contribution in [1.29, 1.82) is 0 Å². The van der Waals surface area contributed by atoms with Crippen molar-refractivity contribution >= 4 is 23.2 Å². The normalized spacial score (nSPS) is 27.8. The topological polar surface area (TPSA) is 0 Å². The van der Waals surface area contributed by atoms with E-state index >= 15 is 0 Å². The molecule has 0 heterocycles. The largest absolute Gasteiger partial charge is 0.118 e. The lowest BCUT2D eigenvalue weighted by Crippen LogP contribution is -1.96. The van der Waals surface area contributed by atoms with Crippen LogP contribution in [-0.2, 0) is 0 Å². The van der Waals surface area contributed by atoms with Crippen molar-refractivity contribution in [1.82, 2.24) is 0 Å². The van der Waals surface area contributed by atoms with E-state index in [1.807, 2.05) is 12.2 Å². The first-order chi connectivity index (χ1) is 3.79. The molecule has 1 radical (unpaired) electrons. The smallest absolute Gasteiger partial charge is 0.0603 e. The molecule has 0 unspecified atom stereocenters. The van der Waals surface area contributed by atoms with Crippen LogP contribution in [0, 0.1) is 6.42 Å². The van der Waals surface area contributed by atoms with E-state index in [0.717, 1.165) is 0 Å². The van der Waals surface area contributed by atoms with Gasteiger partial charge in [0.1, 0.15) is 0 Å². The number of rotatable bonds is 0. The predicted octanol–water partition coefficient (Wildman–Crippen LogP) is 2.49. The van der Waals surface area contributed by atoms with Gasteiger partial charge in [0.05, 0.1) is 5.38 Å². The van der Waals surface area contributed by atoms with Crippen LogP contribution in [0.15, 0.2) is 23.3 Å². The number of halogens is 2. The molecule has 0 N–H and O–H groups in total. The van der Waals surface area contributed by atoms with Crippen LogP contribution in [0.3, 0.4) is 0 Å². The highest BCUT2D eigenvalue weighted by Gasteiger charge is 2.04. The maximum absolute atomic E-state index is 5.64. The second-order valence-electron chi connectivity index (χ2n) is 1.55. The number of alkyl halides is 1. The van der Waals surface area contributed by atoms with E-state index in [1.165, 1.54) is 0 Å². The van der Waals surface area contributed by atoms with Crippen LogP contribution in [0.1, 0.15) is 0 Å². The number of allylic oxidation sites excluding steroid dienone is 4. The summed E-state index contributed by atoms with van der Waals surface area (Å²) in [6.45, 7) is 0. The summed E-state index contributed by atoms with van der Waals surface area (Å²) in [4.78, 5) is 0. The highest BCUT2D eigenvalue weighted by molar-refractivity contribution is 6.33. The summed E-state index contributed by atoms with van der Waals surface area (Å²) in [5.74, 6) is 0. The van der Waals surface area contributed by atoms with E-state index in [4.69, 9.17) is 23.2 Å². The van der Waals surface area contributed by atoms with Crippen LogP contribution in [0.5, 0.6) is 0 Å². The van der Waals surface area contributed by atoms with Gasteiger partial charge in [0, 0.05) is 11.5 Å². The van der Waals surface area contributed by atoms with Gasteiger partial charge in [0.2, 0.25) is 0 Å². The highest BCUT2D eigenvalue weighted by Crippen LogP contribution is 2.18. The van der Waals surface area contributed by atoms with E-state index in [9.17, 15) is 0 Å². The molecule has 0 spiro atoms. The lowest BCUT2D eigenvalue weighted by molar-refractivity contribution is 1.25. The van der Waals surface area contributed by atoms with Crippen molar-refractivity contribution in [2.75, 3.05) is 0 Å². The monoisotopic (exact) mass is 147 g/mol. The third-order valence-corrected chi connectivity index (χ3v) is 1.39. The molecule has 43 valence electrons. The molecule has 0 aromatic rings. The van der Waals surface area contributed by atoms with Crippen LogP contribution in [-0.4, -0.2) is 5.38 Å². The van der Waals surface area contributed by atoms with Crippen LogP contribution < -0.4 is 0 Å². The van der Waals surface area contributed by atoms with Gasteiger partial charge in [-0.1, -0.05) is 23.8 Å². The minimum atomic E-state index is -0.0208. The van der Waals surface area contributed by atoms with Gasteiger partial charge in [-0.2, -0.15) is 0 Å². The summed E-state index contributed by atoms with van der Waals surface area (Å²) in [6.07, 6.45) is 7.30. The van der Waals surface area contributed by atoms with Gasteiger partial charge in [0.15, 0.2) is 0 Å². The van der Waals surface area contributed by atoms with Gasteiger partial charge < -0.3 is 0 Å². The van der Waals surface area contributed by atoms with Gasteiger partial charge in [-0.3, -0.25) is 0 Å². The lowest BCUT2D eigenvalue weighted by atomic mass is 10.2. The molecule has 0 saturated heterocycles. The first-order valence-corrected chi connectivity index (χ1v) is 3.13. The van der Waals surface area contributed by atoms with Crippen LogP contribution >= 0.6 is 23.2 Å². The Kier molecular flexibility index (Phi) is 1.98. The van der Waals surface area contributed by atoms with Gasteiger partial charge in [-0.15, -0.1) is 11.6 Å². The first-order valence-electron chi connectivity index (χ1n) is 2.32. The van der Waals surface area contributed by atoms with E-state index < -0.39 is 0 Å². The molecule has 8 heavy (non-hydrogen) atoms. The quantitative estimate of drug-likeness (QED) is 0.463. The second-order valence-corrected chi connectivity index (χ2v) is 2.49. The molecule has 0 saturated carbocycles. The molecule has 1 aliphatic rings. The van der Waals surface area contributed by atoms with Crippen LogP contribution in [0.4, 0.5) is 0 Å². The Balaban J connectivity index is 2.59. The molecule has 1 atom stereocenters. The Hall–Kier alpha value is 0.0600. The van der Waals surface area contributed by atoms with Crippen molar-refractivity contribution in [3.63, 3.8) is 0 Å². The average molecular weight is 148 g/mol. The summed E-state index contributed by atoms with van der Waals surface area (Å²) in [7, 11) is 0. The first kappa shape index (κ1) is 6.18. The summed E-state index contributed by atoms with van der Waals surface area (Å²) in [5.41, 5.74) is 0. The van der Waals surface area contributed by atoms with Crippen LogP contribution in [0.2, 0.25) is 0 Å². The van der Waals surface area contributed by atoms with Crippen molar-refractivity contribution in [2.45, 2.75) is 5.38 Å². The fourth-order valence-electron chi connectivity index (χ4n) is 0.517. The Morgan fingerprint density at radius 3 is 2.62 bits per heavy atom. The molecular formula is C6H5Cl2. The van der Waals surface area contributed by atoms with E-state index in [0.29, 0.717) is 5.03 Å². The Labute approximate surface area is 58.8 Å². The lowest BCUT2D eigenvalue weighted by Gasteiger charge is -2.04. The molecule has 1 rings (SSSR count). The van der Waals surface area contributed by atoms with Crippen molar-refractivity contribution in [3.05, 3.63) is 29.7 Å². The molecule has 2 heteroatoms. The zero-order valence-electron chi connectivity index (χ0n) is 4.14. The van der Waals surface area contributed by atoms with Gasteiger partial charge in [0.25, 0.3) is 0 Å². The molecule has 0 fully saturated rings. The van der Waals surface area contributed by atoms with Crippen molar-refractivity contribution in [3.8, 4) is 0 Å². The molecule has 0 aromatic carbocycles.